The van der Waals surface area contributed by atoms with Crippen molar-refractivity contribution in [2.75, 3.05) is 13.2 Å². The number of likely N-dealkylation sites (tertiary alicyclic amines) is 1. The quantitative estimate of drug-likeness (QED) is 0.918. The van der Waals surface area contributed by atoms with Gasteiger partial charge in [-0.15, -0.1) is 0 Å². The van der Waals surface area contributed by atoms with Gasteiger partial charge in [-0.05, 0) is 18.9 Å². The molecule has 2 aliphatic heterocycles. The number of para-hydroxylation sites is 1. The Hall–Kier alpha value is -1.55. The SMILES string of the molecule is CC(C)NC1CCCN(C2COc3ccccc32)C1=O. The standard InChI is InChI=1S/C16H22N2O2/c1-11(2)17-13-7-5-9-18(16(13)19)14-10-20-15-8-4-3-6-12(14)15/h3-4,6,8,11,13-14,17H,5,7,9-10H2,1-2H3. The maximum atomic E-state index is 12.7. The summed E-state index contributed by atoms with van der Waals surface area (Å²) < 4.78 is 5.71. The second kappa shape index (κ2) is 5.44. The normalized spacial score (nSPS) is 25.8. The first-order valence-corrected chi connectivity index (χ1v) is 7.45. The Labute approximate surface area is 120 Å². The molecule has 0 bridgehead atoms. The molecule has 1 saturated heterocycles. The molecule has 4 nitrogen and oxygen atoms in total. The molecule has 108 valence electrons. The molecule has 20 heavy (non-hydrogen) atoms. The summed E-state index contributed by atoms with van der Waals surface area (Å²) in [6.45, 7) is 5.58. The van der Waals surface area contributed by atoms with Crippen molar-refractivity contribution in [2.45, 2.75) is 44.8 Å². The van der Waals surface area contributed by atoms with Crippen LogP contribution in [-0.4, -0.2) is 36.0 Å². The Morgan fingerprint density at radius 1 is 1.35 bits per heavy atom. The van der Waals surface area contributed by atoms with Crippen molar-refractivity contribution >= 4 is 5.91 Å². The van der Waals surface area contributed by atoms with Crippen molar-refractivity contribution < 1.29 is 9.53 Å². The number of carbonyl (C=O) groups excluding carboxylic acids is 1. The maximum absolute atomic E-state index is 12.7. The van der Waals surface area contributed by atoms with Gasteiger partial charge in [0.05, 0.1) is 12.1 Å². The van der Waals surface area contributed by atoms with Crippen LogP contribution in [0.15, 0.2) is 24.3 Å². The van der Waals surface area contributed by atoms with Crippen molar-refractivity contribution in [1.29, 1.82) is 0 Å². The summed E-state index contributed by atoms with van der Waals surface area (Å²) >= 11 is 0. The van der Waals surface area contributed by atoms with E-state index < -0.39 is 0 Å². The molecule has 2 heterocycles. The zero-order valence-corrected chi connectivity index (χ0v) is 12.1. The predicted molar refractivity (Wildman–Crippen MR) is 77.7 cm³/mol. The molecule has 1 aromatic rings. The molecule has 0 saturated carbocycles. The van der Waals surface area contributed by atoms with Crippen LogP contribution in [0.5, 0.6) is 5.75 Å². The number of carbonyl (C=O) groups is 1. The lowest BCUT2D eigenvalue weighted by atomic mass is 9.99. The first-order chi connectivity index (χ1) is 9.66. The van der Waals surface area contributed by atoms with Gasteiger partial charge in [0.1, 0.15) is 12.4 Å². The van der Waals surface area contributed by atoms with Crippen LogP contribution in [0.2, 0.25) is 0 Å². The fraction of sp³-hybridized carbons (Fsp3) is 0.562. The molecule has 0 radical (unpaired) electrons. The lowest BCUT2D eigenvalue weighted by molar-refractivity contribution is -0.139. The number of hydrogen-bond acceptors (Lipinski definition) is 3. The average molecular weight is 274 g/mol. The highest BCUT2D eigenvalue weighted by molar-refractivity contribution is 5.83. The monoisotopic (exact) mass is 274 g/mol. The lowest BCUT2D eigenvalue weighted by Gasteiger charge is -2.37. The highest BCUT2D eigenvalue weighted by Crippen LogP contribution is 2.37. The Balaban J connectivity index is 1.79. The van der Waals surface area contributed by atoms with E-state index in [1.54, 1.807) is 0 Å². The van der Waals surface area contributed by atoms with E-state index in [2.05, 4.69) is 25.2 Å². The van der Waals surface area contributed by atoms with Crippen LogP contribution >= 0.6 is 0 Å². The van der Waals surface area contributed by atoms with Crippen LogP contribution in [0.1, 0.15) is 38.3 Å². The number of ether oxygens (including phenoxy) is 1. The van der Waals surface area contributed by atoms with E-state index in [4.69, 9.17) is 4.74 Å². The van der Waals surface area contributed by atoms with Gasteiger partial charge < -0.3 is 15.0 Å². The Morgan fingerprint density at radius 3 is 2.95 bits per heavy atom. The highest BCUT2D eigenvalue weighted by atomic mass is 16.5. The molecular formula is C16H22N2O2. The van der Waals surface area contributed by atoms with E-state index in [1.807, 2.05) is 23.1 Å². The summed E-state index contributed by atoms with van der Waals surface area (Å²) in [5, 5.41) is 3.38. The molecular weight excluding hydrogens is 252 g/mol. The van der Waals surface area contributed by atoms with Crippen LogP contribution < -0.4 is 10.1 Å². The van der Waals surface area contributed by atoms with Gasteiger partial charge in [0.25, 0.3) is 0 Å². The first-order valence-electron chi connectivity index (χ1n) is 7.45. The van der Waals surface area contributed by atoms with Gasteiger partial charge in [-0.2, -0.15) is 0 Å². The van der Waals surface area contributed by atoms with Gasteiger partial charge in [-0.1, -0.05) is 32.0 Å². The van der Waals surface area contributed by atoms with Crippen LogP contribution in [0, 0.1) is 0 Å². The smallest absolute Gasteiger partial charge is 0.240 e. The minimum atomic E-state index is -0.0449. The fourth-order valence-corrected chi connectivity index (χ4v) is 3.17. The summed E-state index contributed by atoms with van der Waals surface area (Å²) in [5.41, 5.74) is 1.14. The molecule has 1 fully saturated rings. The molecule has 1 aromatic carbocycles. The maximum Gasteiger partial charge on any atom is 0.240 e. The summed E-state index contributed by atoms with van der Waals surface area (Å²) in [4.78, 5) is 14.7. The van der Waals surface area contributed by atoms with Gasteiger partial charge in [-0.25, -0.2) is 0 Å². The van der Waals surface area contributed by atoms with E-state index in [9.17, 15) is 4.79 Å². The number of hydrogen-bond donors (Lipinski definition) is 1. The van der Waals surface area contributed by atoms with Crippen molar-refractivity contribution in [3.05, 3.63) is 29.8 Å². The van der Waals surface area contributed by atoms with Crippen molar-refractivity contribution in [3.8, 4) is 5.75 Å². The minimum Gasteiger partial charge on any atom is -0.491 e. The predicted octanol–water partition coefficient (Wildman–Crippen LogP) is 2.11. The van der Waals surface area contributed by atoms with E-state index >= 15 is 0 Å². The van der Waals surface area contributed by atoms with E-state index in [0.717, 1.165) is 30.7 Å². The van der Waals surface area contributed by atoms with Crippen LogP contribution in [0.25, 0.3) is 0 Å². The molecule has 0 spiro atoms. The number of amides is 1. The highest BCUT2D eigenvalue weighted by Gasteiger charge is 2.37. The largest absolute Gasteiger partial charge is 0.491 e. The Bertz CT molecular complexity index is 501. The van der Waals surface area contributed by atoms with Gasteiger partial charge in [-0.3, -0.25) is 4.79 Å². The van der Waals surface area contributed by atoms with E-state index in [1.165, 1.54) is 0 Å². The number of fused-ring (bicyclic) bond motifs is 1. The molecule has 0 aliphatic carbocycles. The number of nitrogens with one attached hydrogen (secondary N) is 1. The van der Waals surface area contributed by atoms with Gasteiger partial charge in [0, 0.05) is 18.2 Å². The number of piperidine rings is 1. The second-order valence-corrected chi connectivity index (χ2v) is 5.91. The number of nitrogens with zero attached hydrogens (tertiary/aromatic N) is 1. The molecule has 2 unspecified atom stereocenters. The zero-order valence-electron chi connectivity index (χ0n) is 12.1. The third kappa shape index (κ3) is 2.40. The second-order valence-electron chi connectivity index (χ2n) is 5.91. The molecule has 2 aliphatic rings. The Morgan fingerprint density at radius 2 is 2.15 bits per heavy atom. The fourth-order valence-electron chi connectivity index (χ4n) is 3.17. The molecule has 2 atom stereocenters. The number of rotatable bonds is 3. The topological polar surface area (TPSA) is 41.6 Å². The minimum absolute atomic E-state index is 0.0449. The van der Waals surface area contributed by atoms with Crippen molar-refractivity contribution in [3.63, 3.8) is 0 Å². The van der Waals surface area contributed by atoms with Gasteiger partial charge in [0.15, 0.2) is 0 Å². The molecule has 0 aromatic heterocycles. The summed E-state index contributed by atoms with van der Waals surface area (Å²) in [6.07, 6.45) is 1.98. The van der Waals surface area contributed by atoms with Crippen molar-refractivity contribution in [2.24, 2.45) is 0 Å². The summed E-state index contributed by atoms with van der Waals surface area (Å²) in [5.74, 6) is 1.14. The van der Waals surface area contributed by atoms with Crippen LogP contribution in [0.3, 0.4) is 0 Å². The summed E-state index contributed by atoms with van der Waals surface area (Å²) in [7, 11) is 0. The third-order valence-electron chi connectivity index (χ3n) is 4.06. The van der Waals surface area contributed by atoms with Crippen LogP contribution in [-0.2, 0) is 4.79 Å². The molecule has 1 N–H and O–H groups in total. The first kappa shape index (κ1) is 13.4. The third-order valence-corrected chi connectivity index (χ3v) is 4.06. The summed E-state index contributed by atoms with van der Waals surface area (Å²) in [6, 6.07) is 8.40. The van der Waals surface area contributed by atoms with Crippen LogP contribution in [0.4, 0.5) is 0 Å². The lowest BCUT2D eigenvalue weighted by Crippen LogP contribution is -2.53. The zero-order chi connectivity index (χ0) is 14.1. The van der Waals surface area contributed by atoms with E-state index in [-0.39, 0.29) is 18.0 Å². The molecule has 4 heteroatoms. The van der Waals surface area contributed by atoms with Gasteiger partial charge in [0.2, 0.25) is 5.91 Å². The Kier molecular flexibility index (Phi) is 3.66. The van der Waals surface area contributed by atoms with Crippen molar-refractivity contribution in [1.82, 2.24) is 10.2 Å². The van der Waals surface area contributed by atoms with Gasteiger partial charge >= 0.3 is 0 Å². The van der Waals surface area contributed by atoms with E-state index in [0.29, 0.717) is 12.6 Å². The molecule has 3 rings (SSSR count). The molecule has 1 amide bonds. The average Bonchev–Trinajstić information content (AvgIpc) is 2.85. The number of benzene rings is 1.